The second kappa shape index (κ2) is 20.2. The summed E-state index contributed by atoms with van der Waals surface area (Å²) in [6.07, 6.45) is 9.88. The quantitative estimate of drug-likeness (QED) is 0.112. The molecule has 1 aromatic carbocycles. The number of allylic oxidation sites excluding steroid dienone is 4. The Kier molecular flexibility index (Phi) is 14.1. The molecule has 0 radical (unpaired) electrons. The van der Waals surface area contributed by atoms with Gasteiger partial charge >= 0.3 is 0 Å². The highest BCUT2D eigenvalue weighted by Crippen LogP contribution is 2.43. The van der Waals surface area contributed by atoms with E-state index in [1.54, 1.807) is 29.2 Å². The molecular weight excluding hydrogens is 958 g/mol. The SMILES string of the molecule is CC1CC([C@@H](C)n2nc(C#N)c3ncc(N4CC([C@H]5CC(C[C@H](c6ccc(Cl)cc6Cl)n6nc(C#N)c7ncc(N8CC([C@@H]9CCCN(CCO)C9)C8)nc76)CN(CCO)C5)C4)nc32)=C(Cl)C=C1Cl. The predicted octanol–water partition coefficient (Wildman–Crippen LogP) is 7.42. The van der Waals surface area contributed by atoms with Crippen LogP contribution in [0.15, 0.2) is 52.3 Å². The third-order valence-corrected chi connectivity index (χ3v) is 16.8. The van der Waals surface area contributed by atoms with E-state index in [1.807, 2.05) is 23.7 Å². The van der Waals surface area contributed by atoms with E-state index in [2.05, 4.69) is 43.8 Å². The Balaban J connectivity index is 0.893. The summed E-state index contributed by atoms with van der Waals surface area (Å²) in [6, 6.07) is 9.35. The second-order valence-corrected chi connectivity index (χ2v) is 21.5. The number of benzene rings is 1. The van der Waals surface area contributed by atoms with Crippen molar-refractivity contribution in [3.8, 4) is 12.1 Å². The normalized spacial score (nSPS) is 24.0. The van der Waals surface area contributed by atoms with Crippen molar-refractivity contribution in [3.63, 3.8) is 0 Å². The molecule has 5 aliphatic rings. The molecule has 0 saturated carbocycles. The van der Waals surface area contributed by atoms with Crippen molar-refractivity contribution in [3.05, 3.63) is 79.3 Å². The number of hydrogen-bond donors (Lipinski definition) is 2. The molecule has 4 aromatic heterocycles. The Morgan fingerprint density at radius 3 is 2.01 bits per heavy atom. The zero-order valence-corrected chi connectivity index (χ0v) is 41.8. The summed E-state index contributed by atoms with van der Waals surface area (Å²) in [4.78, 5) is 29.0. The Bertz CT molecular complexity index is 2880. The standard InChI is InChI=1S/C49H56Cl4N14O2/c1-28-12-37(40(53)16-38(28)51)29(2)66-48-46(41(17-54)60-66)56-19-44(58-48)65-26-34(27-65)32-13-30(21-63(23-32)9-11-69)14-43(36-6-5-35(50)15-39(36)52)67-49-47(42(18-55)61-67)57-20-45(59-49)64-24-33(25-64)31-4-3-7-62(22-31)8-10-68/h5-6,15-16,19-20,28-34,43,68-69H,3-4,7-14,21-27H2,1-2H3/t28?,29-,30?,31-,32+,43-/m1/s1. The molecule has 4 aliphatic heterocycles. The number of aliphatic hydroxyl groups excluding tert-OH is 2. The maximum atomic E-state index is 10.4. The molecule has 362 valence electrons. The number of hydrogen-bond acceptors (Lipinski definition) is 14. The minimum atomic E-state index is -0.395. The van der Waals surface area contributed by atoms with E-state index in [0.29, 0.717) is 85.5 Å². The van der Waals surface area contributed by atoms with Gasteiger partial charge in [-0.05, 0) is 110 Å². The smallest absolute Gasteiger partial charge is 0.190 e. The molecule has 2 N–H and O–H groups in total. The zero-order chi connectivity index (χ0) is 48.1. The van der Waals surface area contributed by atoms with Gasteiger partial charge in [-0.3, -0.25) is 0 Å². The van der Waals surface area contributed by atoms with Crippen LogP contribution in [-0.2, 0) is 0 Å². The lowest BCUT2D eigenvalue weighted by Crippen LogP contribution is -2.55. The first-order valence-electron chi connectivity index (χ1n) is 24.1. The van der Waals surface area contributed by atoms with Crippen molar-refractivity contribution in [2.75, 3.05) is 88.5 Å². The van der Waals surface area contributed by atoms with Gasteiger partial charge in [-0.25, -0.2) is 29.3 Å². The molecule has 5 aromatic rings. The minimum absolute atomic E-state index is 0.0477. The van der Waals surface area contributed by atoms with Crippen molar-refractivity contribution >= 4 is 80.4 Å². The van der Waals surface area contributed by atoms with Crippen LogP contribution in [0.1, 0.15) is 75.0 Å². The fourth-order valence-electron chi connectivity index (χ4n) is 11.6. The maximum Gasteiger partial charge on any atom is 0.190 e. The number of nitrogens with zero attached hydrogens (tertiary/aromatic N) is 14. The Morgan fingerprint density at radius 2 is 1.38 bits per heavy atom. The number of aliphatic hydroxyl groups is 2. The number of aromatic nitrogens is 8. The molecule has 10 rings (SSSR count). The van der Waals surface area contributed by atoms with Crippen molar-refractivity contribution in [1.29, 1.82) is 10.5 Å². The first-order valence-corrected chi connectivity index (χ1v) is 25.6. The fraction of sp³-hybridized carbons (Fsp3) is 0.551. The van der Waals surface area contributed by atoms with Crippen LogP contribution < -0.4 is 9.80 Å². The lowest BCUT2D eigenvalue weighted by Gasteiger charge is -2.49. The number of anilines is 2. The molecule has 16 nitrogen and oxygen atoms in total. The van der Waals surface area contributed by atoms with Crippen LogP contribution in [0.2, 0.25) is 10.0 Å². The van der Waals surface area contributed by atoms with Gasteiger partial charge in [0.05, 0.1) is 37.7 Å². The van der Waals surface area contributed by atoms with Gasteiger partial charge in [0.15, 0.2) is 22.7 Å². The zero-order valence-electron chi connectivity index (χ0n) is 38.8. The largest absolute Gasteiger partial charge is 0.395 e. The number of halogens is 4. The van der Waals surface area contributed by atoms with E-state index in [4.69, 9.17) is 71.4 Å². The van der Waals surface area contributed by atoms with Gasteiger partial charge < -0.3 is 29.8 Å². The highest BCUT2D eigenvalue weighted by Gasteiger charge is 2.41. The Morgan fingerprint density at radius 1 is 0.768 bits per heavy atom. The molecule has 2 unspecified atom stereocenters. The fourth-order valence-corrected chi connectivity index (χ4v) is 12.7. The molecule has 0 amide bonds. The number of β-amino-alcohol motifs (C(OH)–C–C–N with tert-alkyl or cyclic N) is 2. The van der Waals surface area contributed by atoms with Gasteiger partial charge in [-0.1, -0.05) is 59.4 Å². The lowest BCUT2D eigenvalue weighted by atomic mass is 9.75. The summed E-state index contributed by atoms with van der Waals surface area (Å²) >= 11 is 26.7. The minimum Gasteiger partial charge on any atom is -0.395 e. The van der Waals surface area contributed by atoms with Crippen LogP contribution >= 0.6 is 46.4 Å². The molecule has 8 heterocycles. The van der Waals surface area contributed by atoms with Gasteiger partial charge in [0.25, 0.3) is 0 Å². The maximum absolute atomic E-state index is 10.4. The number of likely N-dealkylation sites (tertiary alicyclic amines) is 2. The molecular formula is C49H56Cl4N14O2. The van der Waals surface area contributed by atoms with Gasteiger partial charge in [-0.15, -0.1) is 0 Å². The highest BCUT2D eigenvalue weighted by atomic mass is 35.5. The van der Waals surface area contributed by atoms with Crippen LogP contribution in [0.3, 0.4) is 0 Å². The van der Waals surface area contributed by atoms with Gasteiger partial charge in [-0.2, -0.15) is 20.7 Å². The third-order valence-electron chi connectivity index (χ3n) is 15.4. The first-order chi connectivity index (χ1) is 33.4. The van der Waals surface area contributed by atoms with E-state index < -0.39 is 6.04 Å². The van der Waals surface area contributed by atoms with E-state index in [0.717, 1.165) is 94.5 Å². The summed E-state index contributed by atoms with van der Waals surface area (Å²) in [6.45, 7) is 12.5. The van der Waals surface area contributed by atoms with E-state index in [9.17, 15) is 20.7 Å². The summed E-state index contributed by atoms with van der Waals surface area (Å²) in [5, 5.41) is 52.0. The topological polar surface area (TPSA) is 188 Å². The van der Waals surface area contributed by atoms with Crippen LogP contribution in [0.5, 0.6) is 0 Å². The predicted molar refractivity (Wildman–Crippen MR) is 267 cm³/mol. The highest BCUT2D eigenvalue weighted by molar-refractivity contribution is 6.35. The third kappa shape index (κ3) is 9.52. The number of nitriles is 2. The van der Waals surface area contributed by atoms with Gasteiger partial charge in [0.2, 0.25) is 0 Å². The Labute approximate surface area is 421 Å². The van der Waals surface area contributed by atoms with Gasteiger partial charge in [0.1, 0.15) is 34.8 Å². The van der Waals surface area contributed by atoms with E-state index in [1.165, 1.54) is 6.42 Å². The summed E-state index contributed by atoms with van der Waals surface area (Å²) < 4.78 is 3.63. The van der Waals surface area contributed by atoms with Crippen LogP contribution in [0.25, 0.3) is 22.3 Å². The first kappa shape index (κ1) is 48.0. The summed E-state index contributed by atoms with van der Waals surface area (Å²) in [7, 11) is 0. The van der Waals surface area contributed by atoms with Crippen LogP contribution in [-0.4, -0.2) is 138 Å². The average molecular weight is 1010 g/mol. The summed E-state index contributed by atoms with van der Waals surface area (Å²) in [5.41, 5.74) is 4.21. The molecule has 4 fully saturated rings. The van der Waals surface area contributed by atoms with Crippen LogP contribution in [0.4, 0.5) is 11.6 Å². The second-order valence-electron chi connectivity index (χ2n) is 19.8. The van der Waals surface area contributed by atoms with E-state index in [-0.39, 0.29) is 42.5 Å². The molecule has 4 saturated heterocycles. The average Bonchev–Trinajstić information content (AvgIpc) is 3.86. The molecule has 69 heavy (non-hydrogen) atoms. The lowest BCUT2D eigenvalue weighted by molar-refractivity contribution is 0.0603. The molecule has 6 atom stereocenters. The number of fused-ring (bicyclic) bond motifs is 2. The Hall–Kier alpha value is -4.62. The van der Waals surface area contributed by atoms with Crippen molar-refractivity contribution in [2.24, 2.45) is 35.5 Å². The van der Waals surface area contributed by atoms with Crippen molar-refractivity contribution < 1.29 is 10.2 Å². The van der Waals surface area contributed by atoms with Crippen molar-refractivity contribution in [2.45, 2.75) is 58.0 Å². The summed E-state index contributed by atoms with van der Waals surface area (Å²) in [5.74, 6) is 3.54. The molecule has 1 aliphatic carbocycles. The molecule has 0 spiro atoms. The van der Waals surface area contributed by atoms with Gasteiger partial charge in [0, 0.05) is 79.0 Å². The number of piperidine rings is 2. The number of rotatable bonds is 14. The molecule has 20 heteroatoms. The van der Waals surface area contributed by atoms with E-state index >= 15 is 0 Å². The monoisotopic (exact) mass is 1010 g/mol. The molecule has 0 bridgehead atoms. The van der Waals surface area contributed by atoms with Crippen LogP contribution in [0, 0.1) is 58.2 Å². The van der Waals surface area contributed by atoms with Crippen molar-refractivity contribution in [1.82, 2.24) is 49.3 Å².